The first-order chi connectivity index (χ1) is 11.8. The summed E-state index contributed by atoms with van der Waals surface area (Å²) in [6.07, 6.45) is 5.88. The van der Waals surface area contributed by atoms with Crippen LogP contribution in [0.1, 0.15) is 29.6 Å². The number of nitrogens with zero attached hydrogens (tertiary/aromatic N) is 7. The van der Waals surface area contributed by atoms with Crippen LogP contribution in [-0.4, -0.2) is 48.2 Å². The second-order valence-corrected chi connectivity index (χ2v) is 6.94. The Morgan fingerprint density at radius 2 is 2.00 bits per heavy atom. The van der Waals surface area contributed by atoms with Gasteiger partial charge in [0, 0.05) is 29.3 Å². The van der Waals surface area contributed by atoms with Crippen molar-refractivity contribution in [1.29, 1.82) is 0 Å². The van der Waals surface area contributed by atoms with Crippen molar-refractivity contribution in [3.63, 3.8) is 0 Å². The Bertz CT molecular complexity index is 790. The predicted molar refractivity (Wildman–Crippen MR) is 91.4 cm³/mol. The molecule has 0 bridgehead atoms. The molecule has 0 radical (unpaired) electrons. The molecule has 1 fully saturated rings. The highest BCUT2D eigenvalue weighted by Crippen LogP contribution is 2.32. The van der Waals surface area contributed by atoms with E-state index >= 15 is 0 Å². The molecule has 124 valence electrons. The van der Waals surface area contributed by atoms with Gasteiger partial charge < -0.3 is 0 Å². The number of aromatic nitrogens is 6. The predicted octanol–water partition coefficient (Wildman–Crippen LogP) is 2.11. The number of rotatable bonds is 4. The highest BCUT2D eigenvalue weighted by Gasteiger charge is 2.24. The molecule has 4 heterocycles. The fourth-order valence-corrected chi connectivity index (χ4v) is 4.06. The van der Waals surface area contributed by atoms with Crippen molar-refractivity contribution < 1.29 is 0 Å². The van der Waals surface area contributed by atoms with Gasteiger partial charge in [-0.1, -0.05) is 0 Å². The van der Waals surface area contributed by atoms with Gasteiger partial charge in [0.2, 0.25) is 0 Å². The van der Waals surface area contributed by atoms with Gasteiger partial charge in [-0.25, -0.2) is 4.98 Å². The molecule has 4 rings (SSSR count). The van der Waals surface area contributed by atoms with E-state index in [1.54, 1.807) is 18.4 Å². The Morgan fingerprint density at radius 3 is 2.71 bits per heavy atom. The number of likely N-dealkylation sites (tertiary alicyclic amines) is 1. The lowest BCUT2D eigenvalue weighted by atomic mass is 9.97. The largest absolute Gasteiger partial charge is 0.296 e. The zero-order valence-corrected chi connectivity index (χ0v) is 14.4. The number of thiazole rings is 1. The van der Waals surface area contributed by atoms with Crippen LogP contribution in [-0.2, 0) is 13.6 Å². The van der Waals surface area contributed by atoms with Gasteiger partial charge in [0.25, 0.3) is 0 Å². The summed E-state index contributed by atoms with van der Waals surface area (Å²) in [6.45, 7) is 2.88. The lowest BCUT2D eigenvalue weighted by Gasteiger charge is -2.29. The van der Waals surface area contributed by atoms with Gasteiger partial charge >= 0.3 is 0 Å². The van der Waals surface area contributed by atoms with Gasteiger partial charge in [0.05, 0.1) is 24.3 Å². The first-order valence-corrected chi connectivity index (χ1v) is 8.97. The fraction of sp³-hybridized carbons (Fsp3) is 0.438. The molecular weight excluding hydrogens is 322 g/mol. The summed E-state index contributed by atoms with van der Waals surface area (Å²) in [5.74, 6) is 1.35. The number of hydrogen-bond acceptors (Lipinski definition) is 7. The van der Waals surface area contributed by atoms with Gasteiger partial charge in [-0.05, 0) is 43.3 Å². The Morgan fingerprint density at radius 1 is 1.21 bits per heavy atom. The highest BCUT2D eigenvalue weighted by atomic mass is 32.1. The second-order valence-electron chi connectivity index (χ2n) is 6.05. The molecule has 24 heavy (non-hydrogen) atoms. The Balaban J connectivity index is 1.37. The highest BCUT2D eigenvalue weighted by molar-refractivity contribution is 7.10. The van der Waals surface area contributed by atoms with Crippen LogP contribution >= 0.6 is 11.3 Å². The molecule has 1 saturated heterocycles. The SMILES string of the molecule is Cn1nnc(CN2CCC(c3nc(-c4ccncc4)cs3)CC2)n1. The molecule has 7 nitrogen and oxygen atoms in total. The van der Waals surface area contributed by atoms with E-state index in [0.717, 1.165) is 49.6 Å². The Hall–Kier alpha value is -2.19. The molecule has 3 aromatic rings. The third-order valence-electron chi connectivity index (χ3n) is 4.35. The van der Waals surface area contributed by atoms with Crippen molar-refractivity contribution in [3.05, 3.63) is 40.7 Å². The topological polar surface area (TPSA) is 72.6 Å². The zero-order chi connectivity index (χ0) is 16.4. The van der Waals surface area contributed by atoms with Gasteiger partial charge in [-0.2, -0.15) is 4.80 Å². The molecular formula is C16H19N7S. The quantitative estimate of drug-likeness (QED) is 0.724. The monoisotopic (exact) mass is 341 g/mol. The first-order valence-electron chi connectivity index (χ1n) is 8.09. The second kappa shape index (κ2) is 6.74. The molecule has 0 aliphatic carbocycles. The molecule has 1 aliphatic heterocycles. The summed E-state index contributed by atoms with van der Waals surface area (Å²) in [4.78, 5) is 12.8. The van der Waals surface area contributed by atoms with E-state index < -0.39 is 0 Å². The van der Waals surface area contributed by atoms with Gasteiger partial charge in [-0.3, -0.25) is 9.88 Å². The van der Waals surface area contributed by atoms with E-state index in [9.17, 15) is 0 Å². The zero-order valence-electron chi connectivity index (χ0n) is 13.5. The van der Waals surface area contributed by atoms with E-state index in [4.69, 9.17) is 4.98 Å². The van der Waals surface area contributed by atoms with Crippen molar-refractivity contribution in [2.24, 2.45) is 7.05 Å². The van der Waals surface area contributed by atoms with Crippen molar-refractivity contribution in [2.75, 3.05) is 13.1 Å². The fourth-order valence-electron chi connectivity index (χ4n) is 3.06. The maximum absolute atomic E-state index is 4.85. The van der Waals surface area contributed by atoms with Crippen LogP contribution in [0.4, 0.5) is 0 Å². The standard InChI is InChI=1S/C16H19N7S/c1-22-20-15(19-21-22)10-23-8-4-13(5-9-23)16-18-14(11-24-16)12-2-6-17-7-3-12/h2-3,6-7,11,13H,4-5,8-10H2,1H3. The van der Waals surface area contributed by atoms with Crippen LogP contribution in [0.15, 0.2) is 29.9 Å². The summed E-state index contributed by atoms with van der Waals surface area (Å²) < 4.78 is 0. The number of aryl methyl sites for hydroxylation is 1. The first kappa shape index (κ1) is 15.3. The summed E-state index contributed by atoms with van der Waals surface area (Å²) >= 11 is 1.77. The van der Waals surface area contributed by atoms with Crippen LogP contribution in [0.2, 0.25) is 0 Å². The van der Waals surface area contributed by atoms with Crippen molar-refractivity contribution in [3.8, 4) is 11.3 Å². The summed E-state index contributed by atoms with van der Waals surface area (Å²) in [7, 11) is 1.80. The minimum Gasteiger partial charge on any atom is -0.296 e. The maximum atomic E-state index is 4.85. The Labute approximate surface area is 144 Å². The third-order valence-corrected chi connectivity index (χ3v) is 5.36. The lowest BCUT2D eigenvalue weighted by Crippen LogP contribution is -2.32. The summed E-state index contributed by atoms with van der Waals surface area (Å²) in [5, 5.41) is 15.6. The van der Waals surface area contributed by atoms with Crippen molar-refractivity contribution in [1.82, 2.24) is 35.1 Å². The van der Waals surface area contributed by atoms with E-state index in [1.165, 1.54) is 9.80 Å². The maximum Gasteiger partial charge on any atom is 0.188 e. The van der Waals surface area contributed by atoms with E-state index in [0.29, 0.717) is 5.92 Å². The van der Waals surface area contributed by atoms with Crippen LogP contribution < -0.4 is 0 Å². The third kappa shape index (κ3) is 3.34. The van der Waals surface area contributed by atoms with Crippen molar-refractivity contribution in [2.45, 2.75) is 25.3 Å². The number of tetrazole rings is 1. The molecule has 1 aliphatic rings. The minimum atomic E-state index is 0.552. The van der Waals surface area contributed by atoms with E-state index in [-0.39, 0.29) is 0 Å². The van der Waals surface area contributed by atoms with Crippen LogP contribution in [0, 0.1) is 0 Å². The number of pyridine rings is 1. The van der Waals surface area contributed by atoms with Gasteiger partial charge in [0.15, 0.2) is 5.82 Å². The van der Waals surface area contributed by atoms with Crippen molar-refractivity contribution >= 4 is 11.3 Å². The molecule has 0 atom stereocenters. The van der Waals surface area contributed by atoms with E-state index in [2.05, 4.69) is 30.7 Å². The molecule has 8 heteroatoms. The molecule has 0 N–H and O–H groups in total. The van der Waals surface area contributed by atoms with E-state index in [1.807, 2.05) is 24.5 Å². The average molecular weight is 341 g/mol. The molecule has 0 aromatic carbocycles. The summed E-state index contributed by atoms with van der Waals surface area (Å²) in [6, 6.07) is 4.02. The lowest BCUT2D eigenvalue weighted by molar-refractivity contribution is 0.200. The molecule has 0 amide bonds. The number of piperidine rings is 1. The molecule has 0 spiro atoms. The smallest absolute Gasteiger partial charge is 0.188 e. The normalized spacial score (nSPS) is 16.5. The minimum absolute atomic E-state index is 0.552. The molecule has 3 aromatic heterocycles. The summed E-state index contributed by atoms with van der Waals surface area (Å²) in [5.41, 5.74) is 2.20. The van der Waals surface area contributed by atoms with Crippen LogP contribution in [0.3, 0.4) is 0 Å². The molecule has 0 unspecified atom stereocenters. The Kier molecular flexibility index (Phi) is 4.31. The number of hydrogen-bond donors (Lipinski definition) is 0. The van der Waals surface area contributed by atoms with Crippen LogP contribution in [0.5, 0.6) is 0 Å². The van der Waals surface area contributed by atoms with Crippen LogP contribution in [0.25, 0.3) is 11.3 Å². The van der Waals surface area contributed by atoms with Gasteiger partial charge in [-0.15, -0.1) is 21.5 Å². The molecule has 0 saturated carbocycles. The average Bonchev–Trinajstić information content (AvgIpc) is 3.26. The van der Waals surface area contributed by atoms with Gasteiger partial charge in [0.1, 0.15) is 0 Å².